The third-order valence-electron chi connectivity index (χ3n) is 4.42. The minimum Gasteiger partial charge on any atom is -0.398 e. The van der Waals surface area contributed by atoms with E-state index in [1.54, 1.807) is 18.2 Å². The Balaban J connectivity index is 2.05. The first-order chi connectivity index (χ1) is 9.04. The van der Waals surface area contributed by atoms with Crippen LogP contribution in [0.2, 0.25) is 0 Å². The van der Waals surface area contributed by atoms with E-state index in [2.05, 4.69) is 0 Å². The van der Waals surface area contributed by atoms with E-state index in [-0.39, 0.29) is 17.4 Å². The third-order valence-corrected chi connectivity index (χ3v) is 4.42. The predicted molar refractivity (Wildman–Crippen MR) is 72.8 cm³/mol. The summed E-state index contributed by atoms with van der Waals surface area (Å²) in [6.45, 7) is 2.02. The van der Waals surface area contributed by atoms with E-state index < -0.39 is 0 Å². The van der Waals surface area contributed by atoms with E-state index in [4.69, 9.17) is 5.73 Å². The van der Waals surface area contributed by atoms with Gasteiger partial charge >= 0.3 is 0 Å². The molecule has 1 aliphatic heterocycles. The van der Waals surface area contributed by atoms with Crippen molar-refractivity contribution in [2.24, 2.45) is 0 Å². The number of rotatable bonds is 1. The molecule has 1 aromatic rings. The second kappa shape index (κ2) is 4.08. The van der Waals surface area contributed by atoms with Crippen molar-refractivity contribution in [3.05, 3.63) is 29.3 Å². The molecule has 4 heteroatoms. The van der Waals surface area contributed by atoms with Gasteiger partial charge in [0.1, 0.15) is 0 Å². The lowest BCUT2D eigenvalue weighted by Crippen LogP contribution is -2.50. The van der Waals surface area contributed by atoms with Crippen LogP contribution in [-0.2, 0) is 0 Å². The Morgan fingerprint density at radius 1 is 1.11 bits per heavy atom. The molecule has 0 bridgehead atoms. The number of anilines is 1. The molecule has 19 heavy (non-hydrogen) atoms. The second-order valence-corrected chi connectivity index (χ2v) is 5.77. The van der Waals surface area contributed by atoms with Crippen molar-refractivity contribution in [2.45, 2.75) is 44.6 Å². The Hall–Kier alpha value is -1.84. The first-order valence-corrected chi connectivity index (χ1v) is 6.82. The summed E-state index contributed by atoms with van der Waals surface area (Å²) < 4.78 is 0. The monoisotopic (exact) mass is 258 g/mol. The highest BCUT2D eigenvalue weighted by Gasteiger charge is 2.47. The topological polar surface area (TPSA) is 63.4 Å². The molecule has 1 aliphatic carbocycles. The SMILES string of the molecule is CC1(N2C(=O)c3cccc(N)c3C2=O)CCCCC1. The van der Waals surface area contributed by atoms with E-state index in [1.807, 2.05) is 6.92 Å². The molecule has 100 valence electrons. The molecule has 3 rings (SSSR count). The van der Waals surface area contributed by atoms with Crippen LogP contribution >= 0.6 is 0 Å². The minimum atomic E-state index is -0.349. The van der Waals surface area contributed by atoms with Gasteiger partial charge in [0.05, 0.1) is 11.1 Å². The van der Waals surface area contributed by atoms with Gasteiger partial charge in [-0.2, -0.15) is 0 Å². The summed E-state index contributed by atoms with van der Waals surface area (Å²) in [6.07, 6.45) is 5.09. The van der Waals surface area contributed by atoms with Crippen LogP contribution in [0.1, 0.15) is 59.7 Å². The van der Waals surface area contributed by atoms with Crippen molar-refractivity contribution < 1.29 is 9.59 Å². The molecular weight excluding hydrogens is 240 g/mol. The average molecular weight is 258 g/mol. The van der Waals surface area contributed by atoms with Gasteiger partial charge in [0.15, 0.2) is 0 Å². The quantitative estimate of drug-likeness (QED) is 0.622. The molecule has 2 aliphatic rings. The van der Waals surface area contributed by atoms with E-state index >= 15 is 0 Å². The zero-order valence-corrected chi connectivity index (χ0v) is 11.1. The molecule has 2 N–H and O–H groups in total. The number of imide groups is 1. The van der Waals surface area contributed by atoms with Crippen LogP contribution in [0, 0.1) is 0 Å². The number of carbonyl (C=O) groups is 2. The Bertz CT molecular complexity index is 559. The van der Waals surface area contributed by atoms with Gasteiger partial charge < -0.3 is 5.73 Å². The van der Waals surface area contributed by atoms with Crippen molar-refractivity contribution in [3.63, 3.8) is 0 Å². The van der Waals surface area contributed by atoms with Crippen molar-refractivity contribution in [2.75, 3.05) is 5.73 Å². The maximum absolute atomic E-state index is 12.6. The molecule has 2 amide bonds. The summed E-state index contributed by atoms with van der Waals surface area (Å²) in [5.74, 6) is -0.404. The van der Waals surface area contributed by atoms with Crippen LogP contribution in [0.4, 0.5) is 5.69 Å². The number of carbonyl (C=O) groups excluding carboxylic acids is 2. The number of amides is 2. The summed E-state index contributed by atoms with van der Waals surface area (Å²) in [4.78, 5) is 26.5. The molecule has 0 atom stereocenters. The smallest absolute Gasteiger partial charge is 0.264 e. The summed E-state index contributed by atoms with van der Waals surface area (Å²) in [5.41, 5.74) is 6.75. The van der Waals surface area contributed by atoms with Crippen LogP contribution in [-0.4, -0.2) is 22.3 Å². The Morgan fingerprint density at radius 3 is 2.42 bits per heavy atom. The summed E-state index contributed by atoms with van der Waals surface area (Å²) in [7, 11) is 0. The first kappa shape index (κ1) is 12.2. The van der Waals surface area contributed by atoms with Crippen molar-refractivity contribution >= 4 is 17.5 Å². The molecule has 1 saturated carbocycles. The fourth-order valence-electron chi connectivity index (χ4n) is 3.34. The van der Waals surface area contributed by atoms with Gasteiger partial charge in [-0.3, -0.25) is 14.5 Å². The molecule has 0 saturated heterocycles. The summed E-state index contributed by atoms with van der Waals surface area (Å²) in [6, 6.07) is 5.10. The second-order valence-electron chi connectivity index (χ2n) is 5.77. The number of benzene rings is 1. The fraction of sp³-hybridized carbons (Fsp3) is 0.467. The van der Waals surface area contributed by atoms with Gasteiger partial charge in [-0.15, -0.1) is 0 Å². The van der Waals surface area contributed by atoms with Crippen LogP contribution in [0.25, 0.3) is 0 Å². The lowest BCUT2D eigenvalue weighted by atomic mass is 9.82. The molecule has 1 aromatic carbocycles. The van der Waals surface area contributed by atoms with Crippen molar-refractivity contribution in [1.29, 1.82) is 0 Å². The van der Waals surface area contributed by atoms with Gasteiger partial charge in [0.2, 0.25) is 0 Å². The molecule has 0 aromatic heterocycles. The highest BCUT2D eigenvalue weighted by molar-refractivity contribution is 6.24. The third kappa shape index (κ3) is 1.66. The van der Waals surface area contributed by atoms with Crippen LogP contribution in [0.3, 0.4) is 0 Å². The summed E-state index contributed by atoms with van der Waals surface area (Å²) in [5, 5.41) is 0. The highest BCUT2D eigenvalue weighted by atomic mass is 16.2. The van der Waals surface area contributed by atoms with Crippen LogP contribution < -0.4 is 5.73 Å². The Labute approximate surface area is 112 Å². The van der Waals surface area contributed by atoms with Crippen LogP contribution in [0.15, 0.2) is 18.2 Å². The molecule has 1 fully saturated rings. The maximum atomic E-state index is 12.6. The summed E-state index contributed by atoms with van der Waals surface area (Å²) >= 11 is 0. The Kier molecular flexibility index (Phi) is 2.62. The van der Waals surface area contributed by atoms with Crippen molar-refractivity contribution in [3.8, 4) is 0 Å². The van der Waals surface area contributed by atoms with E-state index in [0.29, 0.717) is 16.8 Å². The zero-order valence-electron chi connectivity index (χ0n) is 11.1. The van der Waals surface area contributed by atoms with Gasteiger partial charge in [-0.1, -0.05) is 25.3 Å². The average Bonchev–Trinajstić information content (AvgIpc) is 2.64. The lowest BCUT2D eigenvalue weighted by molar-refractivity contribution is 0.0373. The van der Waals surface area contributed by atoms with E-state index in [0.717, 1.165) is 25.7 Å². The fourth-order valence-corrected chi connectivity index (χ4v) is 3.34. The maximum Gasteiger partial charge on any atom is 0.264 e. The van der Waals surface area contributed by atoms with E-state index in [9.17, 15) is 9.59 Å². The Morgan fingerprint density at radius 2 is 1.79 bits per heavy atom. The highest BCUT2D eigenvalue weighted by Crippen LogP contribution is 2.39. The number of nitrogens with zero attached hydrogens (tertiary/aromatic N) is 1. The number of nitrogen functional groups attached to an aromatic ring is 1. The zero-order chi connectivity index (χ0) is 13.6. The molecule has 0 unspecified atom stereocenters. The first-order valence-electron chi connectivity index (χ1n) is 6.82. The number of hydrogen-bond donors (Lipinski definition) is 1. The lowest BCUT2D eigenvalue weighted by Gasteiger charge is -2.40. The van der Waals surface area contributed by atoms with Gasteiger partial charge in [-0.05, 0) is 31.9 Å². The standard InChI is InChI=1S/C15H18N2O2/c1-15(8-3-2-4-9-15)17-13(18)10-6-5-7-11(16)12(10)14(17)19/h5-7H,2-4,8-9,16H2,1H3. The van der Waals surface area contributed by atoms with E-state index in [1.165, 1.54) is 11.3 Å². The van der Waals surface area contributed by atoms with Gasteiger partial charge in [-0.25, -0.2) is 0 Å². The number of fused-ring (bicyclic) bond motifs is 1. The van der Waals surface area contributed by atoms with Crippen molar-refractivity contribution in [1.82, 2.24) is 4.90 Å². The number of nitrogens with two attached hydrogens (primary N) is 1. The largest absolute Gasteiger partial charge is 0.398 e. The number of hydrogen-bond acceptors (Lipinski definition) is 3. The molecule has 1 heterocycles. The molecular formula is C15H18N2O2. The molecule has 0 radical (unpaired) electrons. The normalized spacial score (nSPS) is 21.6. The van der Waals surface area contributed by atoms with Gasteiger partial charge in [0, 0.05) is 11.2 Å². The predicted octanol–water partition coefficient (Wildman–Crippen LogP) is 2.59. The molecule has 4 nitrogen and oxygen atoms in total. The van der Waals surface area contributed by atoms with Crippen LogP contribution in [0.5, 0.6) is 0 Å². The minimum absolute atomic E-state index is 0.184. The van der Waals surface area contributed by atoms with Gasteiger partial charge in [0.25, 0.3) is 11.8 Å². The molecule has 0 spiro atoms.